The second-order valence-corrected chi connectivity index (χ2v) is 9.36. The summed E-state index contributed by atoms with van der Waals surface area (Å²) in [5.74, 6) is 0. The minimum atomic E-state index is -0.487. The topological polar surface area (TPSA) is 48.0 Å². The van der Waals surface area contributed by atoms with Crippen molar-refractivity contribution in [3.05, 3.63) is 11.5 Å². The van der Waals surface area contributed by atoms with Gasteiger partial charge < -0.3 is 14.0 Å². The van der Waals surface area contributed by atoms with Gasteiger partial charge in [0.05, 0.1) is 16.7 Å². The Labute approximate surface area is 145 Å². The van der Waals surface area contributed by atoms with E-state index in [1.165, 1.54) is 0 Å². The lowest BCUT2D eigenvalue weighted by Crippen LogP contribution is -2.49. The molecule has 134 valence electrons. The van der Waals surface area contributed by atoms with Gasteiger partial charge in [-0.15, -0.1) is 0 Å². The number of rotatable bonds is 1. The van der Waals surface area contributed by atoms with E-state index in [1.807, 2.05) is 53.4 Å². The van der Waals surface area contributed by atoms with Crippen molar-refractivity contribution < 1.29 is 18.8 Å². The molecule has 0 aromatic heterocycles. The average Bonchev–Trinajstić information content (AvgIpc) is 3.11. The van der Waals surface area contributed by atoms with Gasteiger partial charge in [0.2, 0.25) is 0 Å². The lowest BCUT2D eigenvalue weighted by Gasteiger charge is -2.37. The number of carbonyl (C=O) groups is 1. The minimum absolute atomic E-state index is 0.0462. The molecule has 1 aliphatic carbocycles. The van der Waals surface area contributed by atoms with Crippen LogP contribution in [0.5, 0.6) is 0 Å². The molecule has 0 N–H and O–H groups in total. The van der Waals surface area contributed by atoms with E-state index in [2.05, 4.69) is 6.08 Å². The van der Waals surface area contributed by atoms with Crippen molar-refractivity contribution in [2.45, 2.75) is 90.1 Å². The van der Waals surface area contributed by atoms with E-state index in [4.69, 9.17) is 14.0 Å². The maximum absolute atomic E-state index is 12.7. The molecule has 0 radical (unpaired) electrons. The molecule has 1 saturated heterocycles. The molecule has 1 amide bonds. The van der Waals surface area contributed by atoms with Crippen LogP contribution in [0.2, 0.25) is 0 Å². The molecular formula is C18H30BNO4. The quantitative estimate of drug-likeness (QED) is 0.685. The molecule has 2 heterocycles. The van der Waals surface area contributed by atoms with Crippen molar-refractivity contribution in [3.8, 4) is 0 Å². The maximum atomic E-state index is 12.7. The third kappa shape index (κ3) is 3.10. The van der Waals surface area contributed by atoms with E-state index in [0.29, 0.717) is 6.54 Å². The molecule has 1 spiro atoms. The molecule has 6 heteroatoms. The molecule has 0 atom stereocenters. The zero-order valence-corrected chi connectivity index (χ0v) is 16.1. The van der Waals surface area contributed by atoms with Gasteiger partial charge in [-0.2, -0.15) is 0 Å². The van der Waals surface area contributed by atoms with Crippen molar-refractivity contribution in [2.24, 2.45) is 0 Å². The van der Waals surface area contributed by atoms with Gasteiger partial charge in [-0.05, 0) is 73.2 Å². The highest BCUT2D eigenvalue weighted by Crippen LogP contribution is 2.49. The van der Waals surface area contributed by atoms with Gasteiger partial charge in [0.25, 0.3) is 0 Å². The number of hydrogen-bond donors (Lipinski definition) is 0. The van der Waals surface area contributed by atoms with Crippen LogP contribution < -0.4 is 0 Å². The monoisotopic (exact) mass is 335 g/mol. The number of carbonyl (C=O) groups excluding carboxylic acids is 1. The summed E-state index contributed by atoms with van der Waals surface area (Å²) in [5, 5.41) is 0. The molecule has 1 saturated carbocycles. The summed E-state index contributed by atoms with van der Waals surface area (Å²) in [6.07, 6.45) is 4.91. The van der Waals surface area contributed by atoms with Gasteiger partial charge in [-0.3, -0.25) is 4.90 Å². The van der Waals surface area contributed by atoms with Gasteiger partial charge in [0, 0.05) is 6.54 Å². The zero-order chi connectivity index (χ0) is 18.0. The van der Waals surface area contributed by atoms with Gasteiger partial charge >= 0.3 is 13.2 Å². The molecule has 0 unspecified atom stereocenters. The van der Waals surface area contributed by atoms with Crippen LogP contribution in [0.3, 0.4) is 0 Å². The van der Waals surface area contributed by atoms with Crippen molar-refractivity contribution in [2.75, 3.05) is 6.54 Å². The van der Waals surface area contributed by atoms with Gasteiger partial charge in [-0.1, -0.05) is 6.08 Å². The van der Waals surface area contributed by atoms with E-state index >= 15 is 0 Å². The minimum Gasteiger partial charge on any atom is -0.444 e. The first-order valence-corrected chi connectivity index (χ1v) is 8.91. The standard InChI is InChI=1S/C18H30BNO4/c1-15(2,3)22-14(21)20-12-13(8-9-18(20)10-11-18)19-23-16(4,5)17(6,7)24-19/h8H,9-12H2,1-7H3. The Morgan fingerprint density at radius 1 is 1.17 bits per heavy atom. The van der Waals surface area contributed by atoms with Crippen molar-refractivity contribution in [1.82, 2.24) is 4.90 Å². The summed E-state index contributed by atoms with van der Waals surface area (Å²) in [5.41, 5.74) is -0.251. The fourth-order valence-corrected chi connectivity index (χ4v) is 3.20. The van der Waals surface area contributed by atoms with Crippen LogP contribution in [-0.2, 0) is 14.0 Å². The Kier molecular flexibility index (Phi) is 3.89. The normalized spacial score (nSPS) is 27.2. The van der Waals surface area contributed by atoms with Crippen LogP contribution in [-0.4, -0.2) is 47.0 Å². The Balaban J connectivity index is 1.76. The predicted octanol–water partition coefficient (Wildman–Crippen LogP) is 3.72. The SMILES string of the molecule is CC(C)(C)OC(=O)N1CC(B2OC(C)(C)C(C)(C)O2)=CCC12CC2. The molecule has 0 bridgehead atoms. The molecule has 3 aliphatic rings. The number of hydrogen-bond acceptors (Lipinski definition) is 4. The summed E-state index contributed by atoms with van der Waals surface area (Å²) in [4.78, 5) is 14.6. The van der Waals surface area contributed by atoms with E-state index in [9.17, 15) is 4.79 Å². The second kappa shape index (κ2) is 5.24. The van der Waals surface area contributed by atoms with E-state index in [1.54, 1.807) is 0 Å². The second-order valence-electron chi connectivity index (χ2n) is 9.36. The van der Waals surface area contributed by atoms with Gasteiger partial charge in [-0.25, -0.2) is 4.79 Å². The van der Waals surface area contributed by atoms with Crippen LogP contribution >= 0.6 is 0 Å². The Hall–Kier alpha value is -1.01. The largest absolute Gasteiger partial charge is 0.492 e. The highest BCUT2D eigenvalue weighted by atomic mass is 16.7. The molecule has 0 aromatic carbocycles. The zero-order valence-electron chi connectivity index (χ0n) is 16.1. The third-order valence-corrected chi connectivity index (χ3v) is 5.65. The molecule has 2 aliphatic heterocycles. The van der Waals surface area contributed by atoms with Gasteiger partial charge in [0.15, 0.2) is 0 Å². The van der Waals surface area contributed by atoms with Crippen LogP contribution in [0.25, 0.3) is 0 Å². The first-order valence-electron chi connectivity index (χ1n) is 8.91. The molecule has 3 rings (SSSR count). The van der Waals surface area contributed by atoms with E-state index in [0.717, 1.165) is 24.7 Å². The summed E-state index contributed by atoms with van der Waals surface area (Å²) < 4.78 is 17.9. The first kappa shape index (κ1) is 17.8. The summed E-state index contributed by atoms with van der Waals surface area (Å²) in [6.45, 7) is 14.4. The lowest BCUT2D eigenvalue weighted by atomic mass is 9.75. The molecule has 0 aromatic rings. The van der Waals surface area contributed by atoms with Crippen LogP contribution in [0, 0.1) is 0 Å². The van der Waals surface area contributed by atoms with Crippen LogP contribution in [0.15, 0.2) is 11.5 Å². The Morgan fingerprint density at radius 3 is 2.17 bits per heavy atom. The number of amides is 1. The predicted molar refractivity (Wildman–Crippen MR) is 93.7 cm³/mol. The molecule has 2 fully saturated rings. The van der Waals surface area contributed by atoms with E-state index in [-0.39, 0.29) is 22.8 Å². The lowest BCUT2D eigenvalue weighted by molar-refractivity contribution is 0.00578. The highest BCUT2D eigenvalue weighted by molar-refractivity contribution is 6.54. The highest BCUT2D eigenvalue weighted by Gasteiger charge is 2.57. The summed E-state index contributed by atoms with van der Waals surface area (Å²) >= 11 is 0. The molecule has 5 nitrogen and oxygen atoms in total. The fraction of sp³-hybridized carbons (Fsp3) is 0.833. The maximum Gasteiger partial charge on any atom is 0.492 e. The van der Waals surface area contributed by atoms with Crippen LogP contribution in [0.4, 0.5) is 4.79 Å². The summed E-state index contributed by atoms with van der Waals surface area (Å²) in [7, 11) is -0.393. The smallest absolute Gasteiger partial charge is 0.444 e. The first-order chi connectivity index (χ1) is 10.9. The fourth-order valence-electron chi connectivity index (χ4n) is 3.20. The van der Waals surface area contributed by atoms with Crippen molar-refractivity contribution >= 4 is 13.2 Å². The van der Waals surface area contributed by atoms with Gasteiger partial charge in [0.1, 0.15) is 5.60 Å². The molecular weight excluding hydrogens is 305 g/mol. The summed E-state index contributed by atoms with van der Waals surface area (Å²) in [6, 6.07) is 0. The third-order valence-electron chi connectivity index (χ3n) is 5.65. The van der Waals surface area contributed by atoms with Crippen LogP contribution in [0.1, 0.15) is 67.7 Å². The average molecular weight is 335 g/mol. The van der Waals surface area contributed by atoms with Crippen molar-refractivity contribution in [3.63, 3.8) is 0 Å². The Morgan fingerprint density at radius 2 is 1.71 bits per heavy atom. The Bertz CT molecular complexity index is 556. The van der Waals surface area contributed by atoms with E-state index < -0.39 is 12.7 Å². The van der Waals surface area contributed by atoms with Crippen molar-refractivity contribution in [1.29, 1.82) is 0 Å². The number of ether oxygens (including phenoxy) is 1. The number of nitrogens with zero attached hydrogens (tertiary/aromatic N) is 1. The molecule has 24 heavy (non-hydrogen) atoms.